The zero-order chi connectivity index (χ0) is 15.5. The van der Waals surface area contributed by atoms with Crippen molar-refractivity contribution in [2.75, 3.05) is 20.2 Å². The zero-order valence-corrected chi connectivity index (χ0v) is 13.4. The summed E-state index contributed by atoms with van der Waals surface area (Å²) in [5.41, 5.74) is 0.799. The van der Waals surface area contributed by atoms with Gasteiger partial charge in [-0.15, -0.1) is 11.3 Å². The number of ether oxygens (including phenoxy) is 1. The molecule has 22 heavy (non-hydrogen) atoms. The number of nitrogens with zero attached hydrogens (tertiary/aromatic N) is 1. The summed E-state index contributed by atoms with van der Waals surface area (Å²) in [6.45, 7) is 2.74. The van der Waals surface area contributed by atoms with Crippen LogP contribution < -0.4 is 4.74 Å². The highest BCUT2D eigenvalue weighted by molar-refractivity contribution is 7.15. The monoisotopic (exact) mass is 321 g/mol. The van der Waals surface area contributed by atoms with Gasteiger partial charge in [-0.05, 0) is 43.2 Å². The minimum absolute atomic E-state index is 0.147. The fraction of sp³-hybridized carbons (Fsp3) is 0.412. The molecule has 0 amide bonds. The fourth-order valence-corrected chi connectivity index (χ4v) is 3.85. The van der Waals surface area contributed by atoms with E-state index >= 15 is 0 Å². The summed E-state index contributed by atoms with van der Waals surface area (Å²) in [6.07, 6.45) is 1.54. The van der Waals surface area contributed by atoms with E-state index in [0.29, 0.717) is 5.75 Å². The van der Waals surface area contributed by atoms with Crippen LogP contribution in [0.15, 0.2) is 30.3 Å². The van der Waals surface area contributed by atoms with Crippen molar-refractivity contribution < 1.29 is 14.2 Å². The molecule has 1 aromatic heterocycles. The maximum absolute atomic E-state index is 13.5. The van der Waals surface area contributed by atoms with Crippen molar-refractivity contribution in [2.45, 2.75) is 25.5 Å². The number of aliphatic hydroxyl groups excluding tert-OH is 1. The Morgan fingerprint density at radius 1 is 1.27 bits per heavy atom. The van der Waals surface area contributed by atoms with Crippen molar-refractivity contribution in [1.29, 1.82) is 0 Å². The first kappa shape index (κ1) is 15.5. The van der Waals surface area contributed by atoms with Crippen LogP contribution in [0.25, 0.3) is 10.4 Å². The smallest absolute Gasteiger partial charge is 0.127 e. The summed E-state index contributed by atoms with van der Waals surface area (Å²) in [6, 6.07) is 8.71. The van der Waals surface area contributed by atoms with Gasteiger partial charge in [0.05, 0.1) is 13.2 Å². The predicted octanol–water partition coefficient (Wildman–Crippen LogP) is 3.52. The largest absolute Gasteiger partial charge is 0.496 e. The van der Waals surface area contributed by atoms with E-state index in [0.717, 1.165) is 42.9 Å². The Kier molecular flexibility index (Phi) is 4.76. The van der Waals surface area contributed by atoms with Crippen LogP contribution in [0, 0.1) is 5.82 Å². The number of benzene rings is 1. The van der Waals surface area contributed by atoms with E-state index < -0.39 is 0 Å². The molecule has 1 saturated heterocycles. The number of rotatable bonds is 4. The van der Waals surface area contributed by atoms with E-state index in [9.17, 15) is 9.50 Å². The minimum atomic E-state index is -0.254. The number of aliphatic hydroxyl groups is 1. The number of hydrogen-bond donors (Lipinski definition) is 1. The summed E-state index contributed by atoms with van der Waals surface area (Å²) >= 11 is 1.67. The summed E-state index contributed by atoms with van der Waals surface area (Å²) < 4.78 is 18.8. The summed E-state index contributed by atoms with van der Waals surface area (Å²) in [5, 5.41) is 9.56. The third kappa shape index (κ3) is 3.48. The highest BCUT2D eigenvalue weighted by atomic mass is 32.1. The third-order valence-corrected chi connectivity index (χ3v) is 5.13. The summed E-state index contributed by atoms with van der Waals surface area (Å²) in [4.78, 5) is 4.62. The van der Waals surface area contributed by atoms with Crippen molar-refractivity contribution in [2.24, 2.45) is 0 Å². The molecule has 3 rings (SSSR count). The van der Waals surface area contributed by atoms with Crippen molar-refractivity contribution in [3.63, 3.8) is 0 Å². The Bertz CT molecular complexity index is 635. The van der Waals surface area contributed by atoms with Gasteiger partial charge < -0.3 is 9.84 Å². The molecule has 0 unspecified atom stereocenters. The van der Waals surface area contributed by atoms with Crippen LogP contribution in [-0.2, 0) is 6.54 Å². The van der Waals surface area contributed by atoms with Gasteiger partial charge in [-0.3, -0.25) is 4.90 Å². The average Bonchev–Trinajstić information content (AvgIpc) is 2.98. The fourth-order valence-electron chi connectivity index (χ4n) is 2.78. The number of methoxy groups -OCH3 is 1. The molecular formula is C17H20FNO2S. The van der Waals surface area contributed by atoms with E-state index in [2.05, 4.69) is 11.0 Å². The number of likely N-dealkylation sites (tertiary alicyclic amines) is 1. The van der Waals surface area contributed by atoms with Gasteiger partial charge in [0.1, 0.15) is 11.6 Å². The van der Waals surface area contributed by atoms with Gasteiger partial charge >= 0.3 is 0 Å². The lowest BCUT2D eigenvalue weighted by Gasteiger charge is -2.28. The van der Waals surface area contributed by atoms with Crippen LogP contribution in [0.4, 0.5) is 4.39 Å². The predicted molar refractivity (Wildman–Crippen MR) is 86.8 cm³/mol. The Hall–Kier alpha value is -1.43. The van der Waals surface area contributed by atoms with Crippen molar-refractivity contribution in [1.82, 2.24) is 4.90 Å². The first-order chi connectivity index (χ1) is 10.7. The Balaban J connectivity index is 1.75. The zero-order valence-electron chi connectivity index (χ0n) is 12.6. The third-order valence-electron chi connectivity index (χ3n) is 4.03. The first-order valence-electron chi connectivity index (χ1n) is 7.49. The van der Waals surface area contributed by atoms with Crippen LogP contribution in [0.2, 0.25) is 0 Å². The second-order valence-electron chi connectivity index (χ2n) is 5.62. The van der Waals surface area contributed by atoms with Crippen molar-refractivity contribution in [3.05, 3.63) is 41.0 Å². The van der Waals surface area contributed by atoms with Crippen molar-refractivity contribution >= 4 is 11.3 Å². The molecule has 0 spiro atoms. The first-order valence-corrected chi connectivity index (χ1v) is 8.30. The highest BCUT2D eigenvalue weighted by Crippen LogP contribution is 2.36. The lowest BCUT2D eigenvalue weighted by Crippen LogP contribution is -2.35. The van der Waals surface area contributed by atoms with Crippen LogP contribution in [0.5, 0.6) is 5.75 Å². The Morgan fingerprint density at radius 2 is 2.05 bits per heavy atom. The van der Waals surface area contributed by atoms with Gasteiger partial charge in [-0.1, -0.05) is 0 Å². The number of halogens is 1. The highest BCUT2D eigenvalue weighted by Gasteiger charge is 2.18. The Labute approximate surface area is 134 Å². The second kappa shape index (κ2) is 6.77. The van der Waals surface area contributed by atoms with Gasteiger partial charge in [0.25, 0.3) is 0 Å². The van der Waals surface area contributed by atoms with Crippen LogP contribution in [-0.4, -0.2) is 36.3 Å². The molecule has 1 aromatic carbocycles. The SMILES string of the molecule is COc1ccc(F)cc1-c1ccc(CN2CCC(O)CC2)s1. The van der Waals surface area contributed by atoms with Crippen LogP contribution in [0.3, 0.4) is 0 Å². The normalized spacial score (nSPS) is 16.9. The van der Waals surface area contributed by atoms with E-state index in [1.165, 1.54) is 17.0 Å². The quantitative estimate of drug-likeness (QED) is 0.935. The molecule has 1 N–H and O–H groups in total. The molecule has 1 aliphatic heterocycles. The molecule has 0 radical (unpaired) electrons. The van der Waals surface area contributed by atoms with Crippen LogP contribution in [0.1, 0.15) is 17.7 Å². The molecule has 5 heteroatoms. The van der Waals surface area contributed by atoms with Gasteiger partial charge in [0.15, 0.2) is 0 Å². The maximum atomic E-state index is 13.5. The topological polar surface area (TPSA) is 32.7 Å². The molecule has 0 atom stereocenters. The molecule has 118 valence electrons. The lowest BCUT2D eigenvalue weighted by molar-refractivity contribution is 0.0797. The average molecular weight is 321 g/mol. The van der Waals surface area contributed by atoms with Crippen LogP contribution >= 0.6 is 11.3 Å². The standard InChI is InChI=1S/C17H20FNO2S/c1-21-16-4-2-12(18)10-15(16)17-5-3-14(22-17)11-19-8-6-13(20)7-9-19/h2-5,10,13,20H,6-9,11H2,1H3. The molecule has 2 heterocycles. The molecular weight excluding hydrogens is 301 g/mol. The molecule has 1 aliphatic rings. The number of thiophene rings is 1. The molecule has 0 bridgehead atoms. The molecule has 1 fully saturated rings. The van der Waals surface area contributed by atoms with Gasteiger partial charge in [0, 0.05) is 35.0 Å². The molecule has 2 aromatic rings. The van der Waals surface area contributed by atoms with E-state index in [4.69, 9.17) is 4.74 Å². The van der Waals surface area contributed by atoms with Gasteiger partial charge in [0.2, 0.25) is 0 Å². The van der Waals surface area contributed by atoms with E-state index in [-0.39, 0.29) is 11.9 Å². The van der Waals surface area contributed by atoms with Gasteiger partial charge in [-0.25, -0.2) is 4.39 Å². The minimum Gasteiger partial charge on any atom is -0.496 e. The molecule has 0 aliphatic carbocycles. The van der Waals surface area contributed by atoms with Gasteiger partial charge in [-0.2, -0.15) is 0 Å². The summed E-state index contributed by atoms with van der Waals surface area (Å²) in [5.74, 6) is 0.437. The maximum Gasteiger partial charge on any atom is 0.127 e. The molecule has 3 nitrogen and oxygen atoms in total. The van der Waals surface area contributed by atoms with E-state index in [1.54, 1.807) is 24.5 Å². The second-order valence-corrected chi connectivity index (χ2v) is 6.79. The number of hydrogen-bond acceptors (Lipinski definition) is 4. The summed E-state index contributed by atoms with van der Waals surface area (Å²) in [7, 11) is 1.60. The Morgan fingerprint density at radius 3 is 2.77 bits per heavy atom. The molecule has 0 saturated carbocycles. The van der Waals surface area contributed by atoms with Crippen molar-refractivity contribution in [3.8, 4) is 16.2 Å². The van der Waals surface area contributed by atoms with E-state index in [1.807, 2.05) is 6.07 Å². The lowest BCUT2D eigenvalue weighted by atomic mass is 10.1. The number of piperidine rings is 1.